The van der Waals surface area contributed by atoms with Gasteiger partial charge in [-0.3, -0.25) is 4.79 Å². The number of ketones is 1. The summed E-state index contributed by atoms with van der Waals surface area (Å²) in [7, 11) is 4.54. The molecule has 0 unspecified atom stereocenters. The average Bonchev–Trinajstić information content (AvgIpc) is 3.12. The fraction of sp³-hybridized carbons (Fsp3) is 0.364. The highest BCUT2D eigenvalue weighted by Crippen LogP contribution is 2.46. The number of fused-ring (bicyclic) bond motifs is 1. The normalized spacial score (nSPS) is 12.6. The van der Waals surface area contributed by atoms with Crippen LogP contribution in [0.3, 0.4) is 0 Å². The molecule has 29 heavy (non-hydrogen) atoms. The molecule has 2 aromatic rings. The summed E-state index contributed by atoms with van der Waals surface area (Å²) in [5.74, 6) is 0.519. The van der Waals surface area contributed by atoms with Crippen molar-refractivity contribution >= 4 is 11.8 Å². The average molecular weight is 400 g/mol. The van der Waals surface area contributed by atoms with Gasteiger partial charge < -0.3 is 23.7 Å². The summed E-state index contributed by atoms with van der Waals surface area (Å²) in [5.41, 5.74) is 3.13. The van der Waals surface area contributed by atoms with Crippen molar-refractivity contribution in [1.29, 1.82) is 0 Å². The van der Waals surface area contributed by atoms with Crippen molar-refractivity contribution < 1.29 is 33.3 Å². The summed E-state index contributed by atoms with van der Waals surface area (Å²) >= 11 is 0. The van der Waals surface area contributed by atoms with Crippen LogP contribution in [0.5, 0.6) is 17.2 Å². The maximum absolute atomic E-state index is 12.4. The van der Waals surface area contributed by atoms with Crippen molar-refractivity contribution in [3.63, 3.8) is 0 Å². The highest BCUT2D eigenvalue weighted by Gasteiger charge is 2.26. The predicted octanol–water partition coefficient (Wildman–Crippen LogP) is 3.07. The third-order valence-corrected chi connectivity index (χ3v) is 4.74. The Morgan fingerprint density at radius 3 is 2.41 bits per heavy atom. The second kappa shape index (κ2) is 9.54. The lowest BCUT2D eigenvalue weighted by molar-refractivity contribution is -0.140. The van der Waals surface area contributed by atoms with Gasteiger partial charge in [0.1, 0.15) is 6.61 Å². The van der Waals surface area contributed by atoms with Crippen LogP contribution in [0.1, 0.15) is 22.3 Å². The van der Waals surface area contributed by atoms with Crippen LogP contribution in [-0.2, 0) is 20.7 Å². The van der Waals surface area contributed by atoms with Gasteiger partial charge in [-0.1, -0.05) is 18.2 Å². The molecule has 0 aromatic heterocycles. The van der Waals surface area contributed by atoms with E-state index in [1.54, 1.807) is 19.2 Å². The van der Waals surface area contributed by atoms with E-state index in [9.17, 15) is 9.59 Å². The van der Waals surface area contributed by atoms with E-state index >= 15 is 0 Å². The van der Waals surface area contributed by atoms with Gasteiger partial charge in [0.05, 0.1) is 27.4 Å². The Morgan fingerprint density at radius 2 is 1.69 bits per heavy atom. The van der Waals surface area contributed by atoms with Gasteiger partial charge in [-0.2, -0.15) is 0 Å². The first-order chi connectivity index (χ1) is 14.1. The SMILES string of the molecule is COCCOCC(=O)Oc1c(-c2cccc3c2CCC3=O)ccc(OC)c1OC. The first-order valence-corrected chi connectivity index (χ1v) is 9.28. The zero-order valence-electron chi connectivity index (χ0n) is 16.8. The van der Waals surface area contributed by atoms with Crippen LogP contribution in [0.25, 0.3) is 11.1 Å². The number of hydrogen-bond donors (Lipinski definition) is 0. The van der Waals surface area contributed by atoms with Crippen molar-refractivity contribution in [3.05, 3.63) is 41.5 Å². The van der Waals surface area contributed by atoms with E-state index in [0.717, 1.165) is 11.1 Å². The van der Waals surface area contributed by atoms with Gasteiger partial charge in [-0.05, 0) is 29.7 Å². The molecular weight excluding hydrogens is 376 g/mol. The molecule has 0 N–H and O–H groups in total. The monoisotopic (exact) mass is 400 g/mol. The van der Waals surface area contributed by atoms with E-state index in [1.165, 1.54) is 14.2 Å². The minimum Gasteiger partial charge on any atom is -0.493 e. The van der Waals surface area contributed by atoms with Gasteiger partial charge in [0, 0.05) is 24.7 Å². The lowest BCUT2D eigenvalue weighted by Gasteiger charge is -2.18. The molecule has 0 bridgehead atoms. The number of Topliss-reactive ketones (excluding diaryl/α,β-unsaturated/α-hetero) is 1. The smallest absolute Gasteiger partial charge is 0.337 e. The number of benzene rings is 2. The Kier molecular flexibility index (Phi) is 6.85. The fourth-order valence-corrected chi connectivity index (χ4v) is 3.40. The molecule has 0 amide bonds. The molecule has 1 aliphatic rings. The number of esters is 1. The molecule has 0 saturated heterocycles. The zero-order chi connectivity index (χ0) is 20.8. The molecule has 7 nitrogen and oxygen atoms in total. The molecule has 154 valence electrons. The lowest BCUT2D eigenvalue weighted by Crippen LogP contribution is -2.18. The van der Waals surface area contributed by atoms with Crippen molar-refractivity contribution in [1.82, 2.24) is 0 Å². The van der Waals surface area contributed by atoms with Gasteiger partial charge in [-0.25, -0.2) is 4.79 Å². The van der Waals surface area contributed by atoms with Gasteiger partial charge in [0.15, 0.2) is 17.3 Å². The second-order valence-corrected chi connectivity index (χ2v) is 6.45. The molecule has 0 heterocycles. The van der Waals surface area contributed by atoms with Gasteiger partial charge >= 0.3 is 5.97 Å². The topological polar surface area (TPSA) is 80.3 Å². The van der Waals surface area contributed by atoms with Crippen LogP contribution in [-0.4, -0.2) is 52.9 Å². The summed E-state index contributed by atoms with van der Waals surface area (Å²) in [6.07, 6.45) is 1.12. The van der Waals surface area contributed by atoms with E-state index in [2.05, 4.69) is 0 Å². The maximum Gasteiger partial charge on any atom is 0.337 e. The Labute approximate surface area is 169 Å². The minimum atomic E-state index is -0.572. The van der Waals surface area contributed by atoms with Crippen LogP contribution in [0.15, 0.2) is 30.3 Å². The Hall–Kier alpha value is -2.90. The molecule has 0 fully saturated rings. The molecule has 0 saturated carbocycles. The Balaban J connectivity index is 2.00. The molecule has 0 spiro atoms. The maximum atomic E-state index is 12.4. The summed E-state index contributed by atoms with van der Waals surface area (Å²) in [4.78, 5) is 24.5. The molecule has 0 radical (unpaired) electrons. The molecule has 2 aromatic carbocycles. The number of hydrogen-bond acceptors (Lipinski definition) is 7. The van der Waals surface area contributed by atoms with Crippen LogP contribution in [0, 0.1) is 0 Å². The predicted molar refractivity (Wildman–Crippen MR) is 106 cm³/mol. The molecule has 0 atom stereocenters. The van der Waals surface area contributed by atoms with Crippen LogP contribution in [0.2, 0.25) is 0 Å². The summed E-state index contributed by atoms with van der Waals surface area (Å²) in [6, 6.07) is 9.10. The molecule has 1 aliphatic carbocycles. The number of carbonyl (C=O) groups is 2. The van der Waals surface area contributed by atoms with Gasteiger partial charge in [0.25, 0.3) is 0 Å². The third kappa shape index (κ3) is 4.41. The van der Waals surface area contributed by atoms with Crippen LogP contribution >= 0.6 is 0 Å². The van der Waals surface area contributed by atoms with Crippen molar-refractivity contribution in [2.45, 2.75) is 12.8 Å². The second-order valence-electron chi connectivity index (χ2n) is 6.45. The van der Waals surface area contributed by atoms with Crippen molar-refractivity contribution in [2.75, 3.05) is 41.2 Å². The number of carbonyl (C=O) groups excluding carboxylic acids is 2. The summed E-state index contributed by atoms with van der Waals surface area (Å²) < 4.78 is 26.6. The van der Waals surface area contributed by atoms with E-state index in [0.29, 0.717) is 42.1 Å². The molecule has 0 aliphatic heterocycles. The van der Waals surface area contributed by atoms with Crippen LogP contribution in [0.4, 0.5) is 0 Å². The van der Waals surface area contributed by atoms with Crippen molar-refractivity contribution in [2.24, 2.45) is 0 Å². The lowest BCUT2D eigenvalue weighted by atomic mass is 9.95. The molecule has 7 heteroatoms. The summed E-state index contributed by atoms with van der Waals surface area (Å²) in [6.45, 7) is 0.432. The van der Waals surface area contributed by atoms with Gasteiger partial charge in [0.2, 0.25) is 5.75 Å². The summed E-state index contributed by atoms with van der Waals surface area (Å²) in [5, 5.41) is 0. The Bertz CT molecular complexity index is 904. The Morgan fingerprint density at radius 1 is 0.897 bits per heavy atom. The standard InChI is InChI=1S/C22H24O7/c1-25-11-12-28-13-20(24)29-21-17(8-10-19(26-2)22(21)27-3)14-5-4-6-16-15(14)7-9-18(16)23/h4-6,8,10H,7,9,11-13H2,1-3H3. The quantitative estimate of drug-likeness (QED) is 0.364. The minimum absolute atomic E-state index is 0.118. The van der Waals surface area contributed by atoms with Crippen LogP contribution < -0.4 is 14.2 Å². The number of methoxy groups -OCH3 is 3. The largest absolute Gasteiger partial charge is 0.493 e. The highest BCUT2D eigenvalue weighted by molar-refractivity contribution is 6.03. The third-order valence-electron chi connectivity index (χ3n) is 4.74. The molecular formula is C22H24O7. The van der Waals surface area contributed by atoms with E-state index in [4.69, 9.17) is 23.7 Å². The zero-order valence-corrected chi connectivity index (χ0v) is 16.8. The van der Waals surface area contributed by atoms with E-state index in [-0.39, 0.29) is 24.7 Å². The first-order valence-electron chi connectivity index (χ1n) is 9.28. The van der Waals surface area contributed by atoms with Gasteiger partial charge in [-0.15, -0.1) is 0 Å². The molecule has 3 rings (SSSR count). The van der Waals surface area contributed by atoms with Crippen molar-refractivity contribution in [3.8, 4) is 28.4 Å². The number of ether oxygens (including phenoxy) is 5. The highest BCUT2D eigenvalue weighted by atomic mass is 16.6. The number of rotatable bonds is 9. The fourth-order valence-electron chi connectivity index (χ4n) is 3.40. The first kappa shape index (κ1) is 20.8. The van der Waals surface area contributed by atoms with E-state index in [1.807, 2.05) is 18.2 Å². The van der Waals surface area contributed by atoms with E-state index < -0.39 is 5.97 Å².